The zero-order chi connectivity index (χ0) is 14.0. The first-order chi connectivity index (χ1) is 8.99. The Morgan fingerprint density at radius 1 is 1.05 bits per heavy atom. The van der Waals surface area contributed by atoms with Gasteiger partial charge in [-0.15, -0.1) is 0 Å². The highest BCUT2D eigenvalue weighted by Gasteiger charge is 2.09. The van der Waals surface area contributed by atoms with Crippen molar-refractivity contribution in [3.05, 3.63) is 33.6 Å². The molecule has 0 amide bonds. The Labute approximate surface area is 121 Å². The van der Waals surface area contributed by atoms with Crippen molar-refractivity contribution in [1.82, 2.24) is 15.0 Å². The lowest BCUT2D eigenvalue weighted by molar-refractivity contribution is 0.440. The molecule has 7 heteroatoms. The molecule has 0 saturated heterocycles. The zero-order valence-electron chi connectivity index (χ0n) is 10.7. The second kappa shape index (κ2) is 5.59. The van der Waals surface area contributed by atoms with E-state index < -0.39 is 0 Å². The normalized spacial score (nSPS) is 10.4. The Balaban J connectivity index is 2.33. The number of hydrogen-bond acceptors (Lipinski definition) is 5. The van der Waals surface area contributed by atoms with E-state index in [1.54, 1.807) is 7.05 Å². The highest BCUT2D eigenvalue weighted by molar-refractivity contribution is 6.32. The number of hydrogen-bond donors (Lipinski definition) is 1. The number of ether oxygens (including phenoxy) is 1. The molecule has 0 unspecified atom stereocenters. The van der Waals surface area contributed by atoms with Gasteiger partial charge in [0.25, 0.3) is 0 Å². The maximum atomic E-state index is 6.10. The average molecular weight is 299 g/mol. The number of nitrogens with one attached hydrogen (secondary N) is 1. The van der Waals surface area contributed by atoms with Crippen LogP contribution in [-0.4, -0.2) is 22.0 Å². The van der Waals surface area contributed by atoms with E-state index in [2.05, 4.69) is 20.3 Å². The van der Waals surface area contributed by atoms with E-state index in [1.807, 2.05) is 26.0 Å². The van der Waals surface area contributed by atoms with Gasteiger partial charge in [0.1, 0.15) is 5.75 Å². The minimum absolute atomic E-state index is 0.0664. The van der Waals surface area contributed by atoms with E-state index in [-0.39, 0.29) is 11.3 Å². The van der Waals surface area contributed by atoms with Gasteiger partial charge in [0, 0.05) is 12.1 Å². The Bertz CT molecular complexity index is 596. The van der Waals surface area contributed by atoms with Crippen LogP contribution in [0.4, 0.5) is 5.95 Å². The fraction of sp³-hybridized carbons (Fsp3) is 0.250. The summed E-state index contributed by atoms with van der Waals surface area (Å²) in [6.45, 7) is 3.81. The maximum Gasteiger partial charge on any atom is 0.328 e. The van der Waals surface area contributed by atoms with Gasteiger partial charge in [-0.2, -0.15) is 15.0 Å². The molecule has 0 aliphatic heterocycles. The summed E-state index contributed by atoms with van der Waals surface area (Å²) in [6, 6.07) is 3.75. The van der Waals surface area contributed by atoms with Crippen LogP contribution >= 0.6 is 23.2 Å². The molecule has 0 fully saturated rings. The highest BCUT2D eigenvalue weighted by Crippen LogP contribution is 2.28. The highest BCUT2D eigenvalue weighted by atomic mass is 35.5. The van der Waals surface area contributed by atoms with Crippen molar-refractivity contribution in [2.45, 2.75) is 13.8 Å². The summed E-state index contributed by atoms with van der Waals surface area (Å²) in [5, 5.41) is 3.56. The summed E-state index contributed by atoms with van der Waals surface area (Å²) in [7, 11) is 1.69. The van der Waals surface area contributed by atoms with Crippen molar-refractivity contribution in [3.63, 3.8) is 0 Å². The third-order valence-electron chi connectivity index (χ3n) is 2.43. The lowest BCUT2D eigenvalue weighted by Gasteiger charge is -2.09. The molecular formula is C12H12Cl2N4O. The molecule has 1 aromatic carbocycles. The Morgan fingerprint density at radius 2 is 1.68 bits per heavy atom. The third-order valence-corrected chi connectivity index (χ3v) is 3.20. The zero-order valence-corrected chi connectivity index (χ0v) is 12.2. The van der Waals surface area contributed by atoms with E-state index >= 15 is 0 Å². The van der Waals surface area contributed by atoms with Crippen molar-refractivity contribution in [1.29, 1.82) is 0 Å². The van der Waals surface area contributed by atoms with Crippen molar-refractivity contribution in [3.8, 4) is 11.8 Å². The molecule has 100 valence electrons. The number of aromatic nitrogens is 3. The molecule has 0 spiro atoms. The van der Waals surface area contributed by atoms with E-state index in [0.717, 1.165) is 16.1 Å². The van der Waals surface area contributed by atoms with E-state index in [0.29, 0.717) is 11.7 Å². The third kappa shape index (κ3) is 3.24. The predicted molar refractivity (Wildman–Crippen MR) is 75.4 cm³/mol. The number of aryl methyl sites for hydroxylation is 2. The van der Waals surface area contributed by atoms with Crippen LogP contribution in [0.25, 0.3) is 0 Å². The molecule has 1 N–H and O–H groups in total. The van der Waals surface area contributed by atoms with Crippen LogP contribution in [0.1, 0.15) is 11.1 Å². The minimum Gasteiger partial charge on any atom is -0.424 e. The quantitative estimate of drug-likeness (QED) is 0.937. The first-order valence-corrected chi connectivity index (χ1v) is 6.29. The fourth-order valence-electron chi connectivity index (χ4n) is 1.56. The summed E-state index contributed by atoms with van der Waals surface area (Å²) >= 11 is 11.9. The molecule has 2 rings (SSSR count). The lowest BCUT2D eigenvalue weighted by Crippen LogP contribution is -2.01. The van der Waals surface area contributed by atoms with Crippen LogP contribution < -0.4 is 10.1 Å². The summed E-state index contributed by atoms with van der Waals surface area (Å²) < 4.78 is 5.57. The second-order valence-electron chi connectivity index (χ2n) is 3.93. The molecular weight excluding hydrogens is 287 g/mol. The molecule has 0 radical (unpaired) electrons. The molecule has 5 nitrogen and oxygen atoms in total. The Hall–Kier alpha value is -1.59. The van der Waals surface area contributed by atoms with Crippen LogP contribution in [0.3, 0.4) is 0 Å². The SMILES string of the molecule is CNc1nc(Cl)nc(Oc2cc(C)c(Cl)c(C)c2)n1. The Kier molecular flexibility index (Phi) is 4.07. The number of benzene rings is 1. The summed E-state index contributed by atoms with van der Waals surface area (Å²) in [6.07, 6.45) is 0. The van der Waals surface area contributed by atoms with Crippen LogP contribution in [0, 0.1) is 13.8 Å². The number of rotatable bonds is 3. The first-order valence-electron chi connectivity index (χ1n) is 5.53. The van der Waals surface area contributed by atoms with Crippen LogP contribution in [0.15, 0.2) is 12.1 Å². The smallest absolute Gasteiger partial charge is 0.328 e. The van der Waals surface area contributed by atoms with Crippen LogP contribution in [0.2, 0.25) is 10.3 Å². The Morgan fingerprint density at radius 3 is 2.26 bits per heavy atom. The summed E-state index contributed by atoms with van der Waals surface area (Å²) in [4.78, 5) is 11.8. The standard InChI is InChI=1S/C12H12Cl2N4O/c1-6-4-8(5-7(2)9(6)13)19-12-17-10(14)16-11(15-3)18-12/h4-5H,1-3H3,(H,15,16,17,18). The second-order valence-corrected chi connectivity index (χ2v) is 4.65. The molecule has 1 aromatic heterocycles. The molecule has 19 heavy (non-hydrogen) atoms. The molecule has 0 bridgehead atoms. The number of anilines is 1. The van der Waals surface area contributed by atoms with E-state index in [4.69, 9.17) is 27.9 Å². The molecule has 0 aliphatic carbocycles. The van der Waals surface area contributed by atoms with Gasteiger partial charge < -0.3 is 10.1 Å². The first kappa shape index (κ1) is 13.8. The maximum absolute atomic E-state index is 6.10. The number of nitrogens with zero attached hydrogens (tertiary/aromatic N) is 3. The van der Waals surface area contributed by atoms with Crippen molar-refractivity contribution in [2.75, 3.05) is 12.4 Å². The van der Waals surface area contributed by atoms with Gasteiger partial charge in [-0.05, 0) is 48.7 Å². The van der Waals surface area contributed by atoms with Gasteiger partial charge in [0.05, 0.1) is 0 Å². The average Bonchev–Trinajstić information content (AvgIpc) is 2.35. The van der Waals surface area contributed by atoms with Gasteiger partial charge in [-0.3, -0.25) is 0 Å². The van der Waals surface area contributed by atoms with Gasteiger partial charge in [0.15, 0.2) is 0 Å². The predicted octanol–water partition coefficient (Wildman–Crippen LogP) is 3.63. The number of halogens is 2. The summed E-state index contributed by atoms with van der Waals surface area (Å²) in [5.41, 5.74) is 1.84. The van der Waals surface area contributed by atoms with Gasteiger partial charge in [-0.1, -0.05) is 11.6 Å². The molecule has 2 aromatic rings. The van der Waals surface area contributed by atoms with Gasteiger partial charge in [0.2, 0.25) is 11.2 Å². The topological polar surface area (TPSA) is 59.9 Å². The fourth-order valence-corrected chi connectivity index (χ4v) is 1.82. The van der Waals surface area contributed by atoms with Crippen molar-refractivity contribution < 1.29 is 4.74 Å². The summed E-state index contributed by atoms with van der Waals surface area (Å²) in [5.74, 6) is 0.945. The monoisotopic (exact) mass is 298 g/mol. The lowest BCUT2D eigenvalue weighted by atomic mass is 10.1. The van der Waals surface area contributed by atoms with Crippen molar-refractivity contribution in [2.24, 2.45) is 0 Å². The van der Waals surface area contributed by atoms with E-state index in [1.165, 1.54) is 0 Å². The molecule has 1 heterocycles. The van der Waals surface area contributed by atoms with E-state index in [9.17, 15) is 0 Å². The van der Waals surface area contributed by atoms with Crippen molar-refractivity contribution >= 4 is 29.2 Å². The molecule has 0 saturated carbocycles. The van der Waals surface area contributed by atoms with Gasteiger partial charge in [-0.25, -0.2) is 0 Å². The molecule has 0 aliphatic rings. The molecule has 0 atom stereocenters. The van der Waals surface area contributed by atoms with Crippen LogP contribution in [0.5, 0.6) is 11.8 Å². The van der Waals surface area contributed by atoms with Gasteiger partial charge >= 0.3 is 6.01 Å². The minimum atomic E-state index is 0.0664. The largest absolute Gasteiger partial charge is 0.424 e. The van der Waals surface area contributed by atoms with Crippen LogP contribution in [-0.2, 0) is 0 Å².